The van der Waals surface area contributed by atoms with Crippen LogP contribution in [-0.2, 0) is 4.74 Å². The third-order valence-corrected chi connectivity index (χ3v) is 3.82. The molecule has 1 heterocycles. The average Bonchev–Trinajstić information content (AvgIpc) is 3.03. The molecular weight excluding hydrogens is 377 g/mol. The van der Waals surface area contributed by atoms with E-state index in [-0.39, 0.29) is 30.1 Å². The summed E-state index contributed by atoms with van der Waals surface area (Å²) in [5.41, 5.74) is 0.709. The number of nitrogens with one attached hydrogen (secondary N) is 2. The van der Waals surface area contributed by atoms with Crippen molar-refractivity contribution >= 4 is 29.9 Å². The summed E-state index contributed by atoms with van der Waals surface area (Å²) in [5, 5.41) is 10.9. The Morgan fingerprint density at radius 2 is 2.00 bits per heavy atom. The van der Waals surface area contributed by atoms with Crippen LogP contribution in [0.3, 0.4) is 0 Å². The molecule has 144 valence electrons. The Kier molecular flexibility index (Phi) is 9.58. The molecule has 1 aromatic heterocycles. The van der Waals surface area contributed by atoms with E-state index in [1.54, 1.807) is 17.9 Å². The molecule has 1 amide bonds. The summed E-state index contributed by atoms with van der Waals surface area (Å²) in [4.78, 5) is 16.7. The van der Waals surface area contributed by atoms with Crippen LogP contribution in [0, 0.1) is 0 Å². The van der Waals surface area contributed by atoms with Gasteiger partial charge in [0.15, 0.2) is 0 Å². The van der Waals surface area contributed by atoms with Gasteiger partial charge in [0, 0.05) is 32.7 Å². The van der Waals surface area contributed by atoms with Crippen molar-refractivity contribution in [3.63, 3.8) is 0 Å². The highest BCUT2D eigenvalue weighted by molar-refractivity contribution is 6.32. The quantitative estimate of drug-likeness (QED) is 0.630. The summed E-state index contributed by atoms with van der Waals surface area (Å²) in [6, 6.07) is 7.36. The van der Waals surface area contributed by atoms with Crippen LogP contribution < -0.4 is 10.6 Å². The third-order valence-electron chi connectivity index (χ3n) is 3.50. The maximum absolute atomic E-state index is 12.3. The molecule has 7 nitrogen and oxygen atoms in total. The number of rotatable bonds is 9. The fraction of sp³-hybridized carbons (Fsp3) is 0.471. The Balaban J connectivity index is 0.00000338. The molecule has 9 heteroatoms. The van der Waals surface area contributed by atoms with E-state index in [2.05, 4.69) is 20.7 Å². The first-order valence-corrected chi connectivity index (χ1v) is 8.62. The Labute approximate surface area is 164 Å². The van der Waals surface area contributed by atoms with Crippen LogP contribution in [0.4, 0.5) is 0 Å². The Morgan fingerprint density at radius 3 is 2.65 bits per heavy atom. The van der Waals surface area contributed by atoms with Gasteiger partial charge in [-0.3, -0.25) is 4.79 Å². The number of para-hydroxylation sites is 1. The lowest BCUT2D eigenvalue weighted by atomic mass is 10.2. The highest BCUT2D eigenvalue weighted by atomic mass is 35.5. The maximum atomic E-state index is 12.3. The molecule has 0 aliphatic heterocycles. The second-order valence-corrected chi connectivity index (χ2v) is 6.22. The van der Waals surface area contributed by atoms with Crippen LogP contribution in [0.1, 0.15) is 36.2 Å². The van der Waals surface area contributed by atoms with Gasteiger partial charge >= 0.3 is 0 Å². The average molecular weight is 402 g/mol. The molecule has 2 aromatic rings. The summed E-state index contributed by atoms with van der Waals surface area (Å²) in [6.07, 6.45) is 0. The molecule has 0 spiro atoms. The number of carbonyl (C=O) groups excluding carboxylic acids is 1. The molecule has 0 radical (unpaired) electrons. The fourth-order valence-electron chi connectivity index (χ4n) is 2.24. The van der Waals surface area contributed by atoms with Gasteiger partial charge in [0.05, 0.1) is 17.3 Å². The summed E-state index contributed by atoms with van der Waals surface area (Å²) in [5.74, 6) is 0.624. The fourth-order valence-corrected chi connectivity index (χ4v) is 2.45. The second-order valence-electron chi connectivity index (χ2n) is 5.81. The van der Waals surface area contributed by atoms with Gasteiger partial charge < -0.3 is 15.4 Å². The molecule has 26 heavy (non-hydrogen) atoms. The molecule has 0 atom stereocenters. The molecule has 0 saturated carbocycles. The van der Waals surface area contributed by atoms with Gasteiger partial charge in [-0.2, -0.15) is 0 Å². The van der Waals surface area contributed by atoms with Crippen molar-refractivity contribution in [2.75, 3.05) is 33.4 Å². The molecule has 0 bridgehead atoms. The molecule has 1 aromatic carbocycles. The summed E-state index contributed by atoms with van der Waals surface area (Å²) in [6.45, 7) is 6.51. The Bertz CT molecular complexity index is 706. The molecule has 0 unspecified atom stereocenters. The summed E-state index contributed by atoms with van der Waals surface area (Å²) >= 11 is 6.26. The number of aromatic nitrogens is 3. The first-order valence-electron chi connectivity index (χ1n) is 8.24. The van der Waals surface area contributed by atoms with Crippen molar-refractivity contribution in [3.05, 3.63) is 40.9 Å². The number of hydrogen-bond donors (Lipinski definition) is 2. The number of ether oxygens (including phenoxy) is 1. The van der Waals surface area contributed by atoms with Crippen molar-refractivity contribution in [3.8, 4) is 5.69 Å². The Hall–Kier alpha value is -1.67. The van der Waals surface area contributed by atoms with Crippen LogP contribution in [-0.4, -0.2) is 54.0 Å². The topological polar surface area (TPSA) is 81.1 Å². The van der Waals surface area contributed by atoms with Gasteiger partial charge in [-0.25, -0.2) is 9.67 Å². The largest absolute Gasteiger partial charge is 0.383 e. The first kappa shape index (κ1) is 22.4. The van der Waals surface area contributed by atoms with Gasteiger partial charge in [0.2, 0.25) is 5.82 Å². The Morgan fingerprint density at radius 1 is 1.27 bits per heavy atom. The van der Waals surface area contributed by atoms with Gasteiger partial charge in [0.25, 0.3) is 5.91 Å². The van der Waals surface area contributed by atoms with Gasteiger partial charge in [-0.05, 0) is 12.1 Å². The van der Waals surface area contributed by atoms with Crippen molar-refractivity contribution in [2.45, 2.75) is 19.8 Å². The lowest BCUT2D eigenvalue weighted by Gasteiger charge is -2.09. The number of hydrogen-bond acceptors (Lipinski definition) is 5. The number of halogens is 2. The van der Waals surface area contributed by atoms with Crippen LogP contribution >= 0.6 is 24.0 Å². The van der Waals surface area contributed by atoms with Gasteiger partial charge in [-0.1, -0.05) is 37.6 Å². The molecule has 0 saturated heterocycles. The van der Waals surface area contributed by atoms with E-state index in [0.29, 0.717) is 36.2 Å². The zero-order valence-electron chi connectivity index (χ0n) is 15.2. The minimum absolute atomic E-state index is 0. The van der Waals surface area contributed by atoms with Crippen molar-refractivity contribution in [1.29, 1.82) is 0 Å². The van der Waals surface area contributed by atoms with Crippen LogP contribution in [0.25, 0.3) is 5.69 Å². The maximum Gasteiger partial charge on any atom is 0.291 e. The summed E-state index contributed by atoms with van der Waals surface area (Å²) < 4.78 is 6.58. The lowest BCUT2D eigenvalue weighted by Crippen LogP contribution is -2.33. The normalized spacial score (nSPS) is 10.7. The number of amides is 1. The number of methoxy groups -OCH3 is 1. The molecule has 0 aliphatic rings. The second kappa shape index (κ2) is 11.1. The predicted octanol–water partition coefficient (Wildman–Crippen LogP) is 2.43. The van der Waals surface area contributed by atoms with E-state index < -0.39 is 0 Å². The van der Waals surface area contributed by atoms with E-state index in [1.165, 1.54) is 0 Å². The highest BCUT2D eigenvalue weighted by Crippen LogP contribution is 2.23. The van der Waals surface area contributed by atoms with E-state index >= 15 is 0 Å². The minimum Gasteiger partial charge on any atom is -0.383 e. The van der Waals surface area contributed by atoms with E-state index in [4.69, 9.17) is 16.3 Å². The van der Waals surface area contributed by atoms with Crippen LogP contribution in [0.2, 0.25) is 5.02 Å². The SMILES string of the molecule is COCCNCCNC(=O)c1nc(C(C)C)n(-c2ccccc2Cl)n1.Cl. The zero-order chi connectivity index (χ0) is 18.2. The zero-order valence-corrected chi connectivity index (χ0v) is 16.7. The minimum atomic E-state index is -0.304. The van der Waals surface area contributed by atoms with Crippen molar-refractivity contribution in [2.24, 2.45) is 0 Å². The number of nitrogens with zero attached hydrogens (tertiary/aromatic N) is 3. The van der Waals surface area contributed by atoms with E-state index in [0.717, 1.165) is 6.54 Å². The molecule has 0 fully saturated rings. The van der Waals surface area contributed by atoms with Gasteiger partial charge in [0.1, 0.15) is 5.82 Å². The predicted molar refractivity (Wildman–Crippen MR) is 105 cm³/mol. The van der Waals surface area contributed by atoms with E-state index in [9.17, 15) is 4.79 Å². The lowest BCUT2D eigenvalue weighted by molar-refractivity contribution is 0.0943. The highest BCUT2D eigenvalue weighted by Gasteiger charge is 2.20. The third kappa shape index (κ3) is 5.95. The van der Waals surface area contributed by atoms with Crippen molar-refractivity contribution in [1.82, 2.24) is 25.4 Å². The standard InChI is InChI=1S/C17H24ClN5O2.ClH/c1-12(2)16-21-15(17(24)20-9-8-19-10-11-25-3)22-23(16)14-7-5-4-6-13(14)18;/h4-7,12,19H,8-11H2,1-3H3,(H,20,24);1H. The van der Waals surface area contributed by atoms with Crippen LogP contribution in [0.5, 0.6) is 0 Å². The summed E-state index contributed by atoms with van der Waals surface area (Å²) in [7, 11) is 1.65. The van der Waals surface area contributed by atoms with Crippen LogP contribution in [0.15, 0.2) is 24.3 Å². The first-order chi connectivity index (χ1) is 12.0. The number of carbonyl (C=O) groups is 1. The molecule has 2 rings (SSSR count). The number of benzene rings is 1. The van der Waals surface area contributed by atoms with E-state index in [1.807, 2.05) is 32.0 Å². The smallest absolute Gasteiger partial charge is 0.291 e. The monoisotopic (exact) mass is 401 g/mol. The van der Waals surface area contributed by atoms with Crippen molar-refractivity contribution < 1.29 is 9.53 Å². The molecular formula is C17H25Cl2N5O2. The molecule has 2 N–H and O–H groups in total. The molecule has 0 aliphatic carbocycles. The van der Waals surface area contributed by atoms with Gasteiger partial charge in [-0.15, -0.1) is 17.5 Å².